The van der Waals surface area contributed by atoms with Gasteiger partial charge in [0, 0.05) is 12.7 Å². The van der Waals surface area contributed by atoms with Crippen molar-refractivity contribution in [1.29, 1.82) is 0 Å². The number of H-pyrrole nitrogens is 1. The summed E-state index contributed by atoms with van der Waals surface area (Å²) in [5.41, 5.74) is -0.451. The smallest absolute Gasteiger partial charge is 0.299 e. The summed E-state index contributed by atoms with van der Waals surface area (Å²) in [5, 5.41) is 0. The molecule has 1 aliphatic carbocycles. The first-order valence-electron chi connectivity index (χ1n) is 8.28. The van der Waals surface area contributed by atoms with Crippen LogP contribution in [0.5, 0.6) is 0 Å². The highest BCUT2D eigenvalue weighted by Gasteiger charge is 2.14. The van der Waals surface area contributed by atoms with Crippen molar-refractivity contribution >= 4 is 0 Å². The molecule has 0 spiro atoms. The topological polar surface area (TPSA) is 54.9 Å². The number of unbranched alkanes of at least 4 members (excludes halogenated alkanes) is 5. The number of nitrogens with zero attached hydrogens (tertiary/aromatic N) is 1. The summed E-state index contributed by atoms with van der Waals surface area (Å²) in [4.78, 5) is 26.0. The van der Waals surface area contributed by atoms with Crippen LogP contribution >= 0.6 is 0 Å². The van der Waals surface area contributed by atoms with E-state index in [9.17, 15) is 9.59 Å². The third-order valence-corrected chi connectivity index (χ3v) is 3.77. The summed E-state index contributed by atoms with van der Waals surface area (Å²) in [6, 6.07) is 0. The molecule has 4 nitrogen and oxygen atoms in total. The Balaban J connectivity index is 1.95. The van der Waals surface area contributed by atoms with E-state index >= 15 is 0 Å². The van der Waals surface area contributed by atoms with E-state index in [0.29, 0.717) is 12.1 Å². The van der Waals surface area contributed by atoms with Crippen molar-refractivity contribution in [2.24, 2.45) is 0 Å². The third kappa shape index (κ3) is 5.74. The van der Waals surface area contributed by atoms with Gasteiger partial charge in [-0.25, -0.2) is 4.79 Å². The molecule has 2 rings (SSSR count). The first-order valence-corrected chi connectivity index (χ1v) is 8.28. The highest BCUT2D eigenvalue weighted by molar-refractivity contribution is 5.49. The molecule has 0 unspecified atom stereocenters. The van der Waals surface area contributed by atoms with Gasteiger partial charge in [-0.15, -0.1) is 0 Å². The molecule has 1 aromatic rings. The number of hydrogen-bond donors (Lipinski definition) is 1. The number of aromatic amines is 1. The zero-order chi connectivity index (χ0) is 16.5. The highest BCUT2D eigenvalue weighted by Crippen LogP contribution is 2.21. The molecule has 0 atom stereocenters. The van der Waals surface area contributed by atoms with Crippen LogP contribution in [0, 0.1) is 43.4 Å². The molecule has 1 aliphatic rings. The second kappa shape index (κ2) is 9.39. The van der Waals surface area contributed by atoms with E-state index in [0.717, 1.165) is 18.8 Å². The minimum Gasteiger partial charge on any atom is -0.299 e. The van der Waals surface area contributed by atoms with E-state index in [4.69, 9.17) is 0 Å². The molecule has 121 valence electrons. The number of aryl methyl sites for hydroxylation is 1. The summed E-state index contributed by atoms with van der Waals surface area (Å²) >= 11 is 0. The van der Waals surface area contributed by atoms with Crippen LogP contribution in [0.15, 0.2) is 15.8 Å². The van der Waals surface area contributed by atoms with Gasteiger partial charge < -0.3 is 0 Å². The van der Waals surface area contributed by atoms with Crippen LogP contribution in [-0.4, -0.2) is 9.55 Å². The summed E-state index contributed by atoms with van der Waals surface area (Å²) in [6.07, 6.45) is 16.1. The van der Waals surface area contributed by atoms with Gasteiger partial charge in [0.15, 0.2) is 0 Å². The molecule has 0 aliphatic heterocycles. The van der Waals surface area contributed by atoms with Gasteiger partial charge in [0.25, 0.3) is 5.56 Å². The standard InChI is InChI=1S/C19H23N2O2/c1-2-3-4-5-6-9-14-21-15-17(18(22)20-19(21)23)13-12-16-10-7-8-11-16/h7-8,10-11,15H,2-6,9,14H2,1H3,(H,20,22,23). The molecule has 1 heterocycles. The fourth-order valence-corrected chi connectivity index (χ4v) is 2.42. The fraction of sp³-hybridized carbons (Fsp3) is 0.421. The van der Waals surface area contributed by atoms with E-state index in [-0.39, 0.29) is 5.69 Å². The Morgan fingerprint density at radius 1 is 1.00 bits per heavy atom. The first-order chi connectivity index (χ1) is 11.2. The van der Waals surface area contributed by atoms with Crippen LogP contribution in [-0.2, 0) is 6.54 Å². The normalized spacial score (nSPS) is 14.7. The average Bonchev–Trinajstić information content (AvgIpc) is 3.05. The highest BCUT2D eigenvalue weighted by atomic mass is 16.2. The van der Waals surface area contributed by atoms with Crippen LogP contribution in [0.2, 0.25) is 0 Å². The van der Waals surface area contributed by atoms with Crippen LogP contribution in [0.4, 0.5) is 0 Å². The van der Waals surface area contributed by atoms with Gasteiger partial charge >= 0.3 is 5.69 Å². The van der Waals surface area contributed by atoms with E-state index in [2.05, 4.69) is 23.7 Å². The first kappa shape index (κ1) is 17.6. The monoisotopic (exact) mass is 311 g/mol. The SMILES string of the molecule is CCCCCCCCn1cc(C#C[C]2[CH][CH][CH][CH]2)c(=O)[nH]c1=O. The Morgan fingerprint density at radius 3 is 2.43 bits per heavy atom. The lowest BCUT2D eigenvalue weighted by Gasteiger charge is -2.05. The number of rotatable bonds is 7. The maximum Gasteiger partial charge on any atom is 0.328 e. The second-order valence-electron chi connectivity index (χ2n) is 5.69. The lowest BCUT2D eigenvalue weighted by molar-refractivity contribution is 0.542. The average molecular weight is 311 g/mol. The van der Waals surface area contributed by atoms with Gasteiger partial charge in [0.1, 0.15) is 5.56 Å². The van der Waals surface area contributed by atoms with Gasteiger partial charge in [-0.1, -0.05) is 50.9 Å². The second-order valence-corrected chi connectivity index (χ2v) is 5.69. The quantitative estimate of drug-likeness (QED) is 0.622. The number of nitrogens with one attached hydrogen (secondary N) is 1. The van der Waals surface area contributed by atoms with Gasteiger partial charge in [-0.2, -0.15) is 0 Å². The summed E-state index contributed by atoms with van der Waals surface area (Å²) < 4.78 is 1.55. The van der Waals surface area contributed by atoms with E-state index in [1.54, 1.807) is 10.8 Å². The van der Waals surface area contributed by atoms with E-state index < -0.39 is 5.56 Å². The van der Waals surface area contributed by atoms with Crippen molar-refractivity contribution in [2.75, 3.05) is 0 Å². The van der Waals surface area contributed by atoms with E-state index in [1.165, 1.54) is 25.7 Å². The minimum absolute atomic E-state index is 0.330. The molecule has 0 bridgehead atoms. The zero-order valence-electron chi connectivity index (χ0n) is 13.6. The lowest BCUT2D eigenvalue weighted by Crippen LogP contribution is -2.31. The molecule has 0 aromatic carbocycles. The fourth-order valence-electron chi connectivity index (χ4n) is 2.42. The molecule has 5 radical (unpaired) electrons. The molecule has 1 saturated carbocycles. The minimum atomic E-state index is -0.423. The molecular weight excluding hydrogens is 288 g/mol. The molecule has 4 heteroatoms. The summed E-state index contributed by atoms with van der Waals surface area (Å²) in [5.74, 6) is 6.64. The molecule has 1 fully saturated rings. The number of hydrogen-bond acceptors (Lipinski definition) is 2. The van der Waals surface area contributed by atoms with Crippen LogP contribution in [0.25, 0.3) is 0 Å². The van der Waals surface area contributed by atoms with Crippen molar-refractivity contribution in [3.8, 4) is 11.8 Å². The van der Waals surface area contributed by atoms with E-state index in [1.807, 2.05) is 25.7 Å². The van der Waals surface area contributed by atoms with Crippen LogP contribution in [0.3, 0.4) is 0 Å². The van der Waals surface area contributed by atoms with Crippen molar-refractivity contribution in [3.05, 3.63) is 64.2 Å². The predicted molar refractivity (Wildman–Crippen MR) is 92.0 cm³/mol. The van der Waals surface area contributed by atoms with Gasteiger partial charge in [0.2, 0.25) is 0 Å². The van der Waals surface area contributed by atoms with Crippen LogP contribution in [0.1, 0.15) is 51.0 Å². The van der Waals surface area contributed by atoms with Crippen molar-refractivity contribution in [3.63, 3.8) is 0 Å². The van der Waals surface area contributed by atoms with Crippen LogP contribution < -0.4 is 11.2 Å². The Morgan fingerprint density at radius 2 is 1.70 bits per heavy atom. The van der Waals surface area contributed by atoms with Gasteiger partial charge in [-0.05, 0) is 32.1 Å². The van der Waals surface area contributed by atoms with Gasteiger partial charge in [0.05, 0.1) is 5.92 Å². The molecule has 0 amide bonds. The Bertz CT molecular complexity index is 654. The van der Waals surface area contributed by atoms with Gasteiger partial charge in [-0.3, -0.25) is 14.3 Å². The molecular formula is C19H23N2O2. The van der Waals surface area contributed by atoms with Crippen molar-refractivity contribution < 1.29 is 0 Å². The molecule has 23 heavy (non-hydrogen) atoms. The summed E-state index contributed by atoms with van der Waals surface area (Å²) in [6.45, 7) is 2.81. The van der Waals surface area contributed by atoms with Crippen molar-refractivity contribution in [1.82, 2.24) is 9.55 Å². The largest absolute Gasteiger partial charge is 0.328 e. The Hall–Kier alpha value is -1.76. The Kier molecular flexibility index (Phi) is 7.19. The molecule has 1 aromatic heterocycles. The van der Waals surface area contributed by atoms with Crippen molar-refractivity contribution in [2.45, 2.75) is 52.0 Å². The molecule has 0 saturated heterocycles. The lowest BCUT2D eigenvalue weighted by atomic mass is 10.1. The Labute approximate surface area is 138 Å². The maximum atomic E-state index is 11.9. The summed E-state index contributed by atoms with van der Waals surface area (Å²) in [7, 11) is 0. The third-order valence-electron chi connectivity index (χ3n) is 3.77. The predicted octanol–water partition coefficient (Wildman–Crippen LogP) is 2.65. The maximum absolute atomic E-state index is 11.9. The molecule has 1 N–H and O–H groups in total. The zero-order valence-corrected chi connectivity index (χ0v) is 13.6. The number of aromatic nitrogens is 2.